The van der Waals surface area contributed by atoms with Gasteiger partial charge in [-0.3, -0.25) is 0 Å². The van der Waals surface area contributed by atoms with Crippen LogP contribution in [0.5, 0.6) is 0 Å². The molecule has 4 nitrogen and oxygen atoms in total. The van der Waals surface area contributed by atoms with Gasteiger partial charge in [-0.25, -0.2) is 0 Å². The Hall–Kier alpha value is -2.26. The topological polar surface area (TPSA) is 52.0 Å². The zero-order chi connectivity index (χ0) is 17.0. The van der Waals surface area contributed by atoms with Crippen LogP contribution >= 0.6 is 11.3 Å². The van der Waals surface area contributed by atoms with Gasteiger partial charge in [0.2, 0.25) is 0 Å². The standard InChI is InChI=1S/C19H10N2O2STe/c22-17-13-5-8-24-19(13)18(23)14(17)9-12-1-2-16(25-12)21-7-4-11-3-6-20-10-15(11)21/h1-10H/b14-9+. The minimum absolute atomic E-state index is 0.132. The van der Waals surface area contributed by atoms with Crippen LogP contribution in [0.15, 0.2) is 59.9 Å². The van der Waals surface area contributed by atoms with Gasteiger partial charge in [0, 0.05) is 0 Å². The molecule has 1 aliphatic carbocycles. The van der Waals surface area contributed by atoms with E-state index < -0.39 is 20.4 Å². The molecule has 4 heterocycles. The van der Waals surface area contributed by atoms with E-state index in [1.165, 1.54) is 15.0 Å². The van der Waals surface area contributed by atoms with Crippen LogP contribution in [0.2, 0.25) is 0 Å². The van der Waals surface area contributed by atoms with E-state index in [4.69, 9.17) is 0 Å². The van der Waals surface area contributed by atoms with Gasteiger partial charge in [-0.05, 0) is 0 Å². The molecular formula is C19H10N2O2STe. The molecule has 0 N–H and O–H groups in total. The third-order valence-electron chi connectivity index (χ3n) is 4.24. The van der Waals surface area contributed by atoms with Crippen LogP contribution in [-0.4, -0.2) is 41.5 Å². The molecule has 0 radical (unpaired) electrons. The molecule has 0 saturated heterocycles. The van der Waals surface area contributed by atoms with Gasteiger partial charge in [0.05, 0.1) is 0 Å². The Morgan fingerprint density at radius 1 is 1.08 bits per heavy atom. The molecule has 0 atom stereocenters. The number of thiophene rings is 1. The second-order valence-electron chi connectivity index (χ2n) is 5.68. The third kappa shape index (κ3) is 2.30. The number of ketones is 2. The zero-order valence-electron chi connectivity index (χ0n) is 12.8. The maximum atomic E-state index is 12.4. The van der Waals surface area contributed by atoms with Gasteiger partial charge in [0.15, 0.2) is 0 Å². The first-order valence-electron chi connectivity index (χ1n) is 7.62. The van der Waals surface area contributed by atoms with Crippen molar-refractivity contribution in [3.63, 3.8) is 0 Å². The minimum atomic E-state index is -0.662. The zero-order valence-corrected chi connectivity index (χ0v) is 15.9. The number of carbonyl (C=O) groups excluding carboxylic acids is 2. The molecule has 120 valence electrons. The number of hydrogen-bond acceptors (Lipinski definition) is 4. The van der Waals surface area contributed by atoms with Crippen molar-refractivity contribution < 1.29 is 9.59 Å². The van der Waals surface area contributed by atoms with Crippen LogP contribution in [0.4, 0.5) is 0 Å². The Bertz CT molecular complexity index is 1160. The molecule has 0 saturated carbocycles. The fourth-order valence-electron chi connectivity index (χ4n) is 3.02. The number of aromatic nitrogens is 2. The van der Waals surface area contributed by atoms with Crippen molar-refractivity contribution in [1.82, 2.24) is 9.55 Å². The average molecular weight is 458 g/mol. The summed E-state index contributed by atoms with van der Waals surface area (Å²) in [5.41, 5.74) is 1.94. The summed E-state index contributed by atoms with van der Waals surface area (Å²) in [5, 5.41) is 2.95. The Morgan fingerprint density at radius 3 is 2.88 bits per heavy atom. The van der Waals surface area contributed by atoms with Gasteiger partial charge >= 0.3 is 157 Å². The number of carbonyl (C=O) groups is 2. The first-order valence-corrected chi connectivity index (χ1v) is 10.8. The van der Waals surface area contributed by atoms with E-state index in [9.17, 15) is 9.59 Å². The van der Waals surface area contributed by atoms with E-state index in [1.54, 1.807) is 23.7 Å². The Balaban J connectivity index is 1.55. The van der Waals surface area contributed by atoms with Crippen molar-refractivity contribution >= 4 is 60.3 Å². The molecule has 0 amide bonds. The van der Waals surface area contributed by atoms with Crippen molar-refractivity contribution in [2.45, 2.75) is 0 Å². The number of rotatable bonds is 2. The van der Waals surface area contributed by atoms with E-state index in [-0.39, 0.29) is 11.6 Å². The molecule has 0 fully saturated rings. The molecule has 0 aromatic carbocycles. The molecule has 4 aromatic heterocycles. The second-order valence-corrected chi connectivity index (χ2v) is 9.71. The van der Waals surface area contributed by atoms with Crippen molar-refractivity contribution in [1.29, 1.82) is 0 Å². The van der Waals surface area contributed by atoms with Gasteiger partial charge < -0.3 is 0 Å². The van der Waals surface area contributed by atoms with Gasteiger partial charge in [0.25, 0.3) is 0 Å². The normalized spacial score (nSPS) is 15.4. The number of hydrogen-bond donors (Lipinski definition) is 0. The summed E-state index contributed by atoms with van der Waals surface area (Å²) in [7, 11) is 0. The third-order valence-corrected chi connectivity index (χ3v) is 8.09. The Kier molecular flexibility index (Phi) is 3.39. The monoisotopic (exact) mass is 460 g/mol. The van der Waals surface area contributed by atoms with E-state index in [2.05, 4.69) is 27.9 Å². The van der Waals surface area contributed by atoms with E-state index in [0.29, 0.717) is 16.0 Å². The number of nitrogens with zero attached hydrogens (tertiary/aromatic N) is 2. The van der Waals surface area contributed by atoms with Crippen LogP contribution in [-0.2, 0) is 0 Å². The summed E-state index contributed by atoms with van der Waals surface area (Å²) in [5.74, 6) is -0.272. The first-order chi connectivity index (χ1) is 12.2. The number of allylic oxidation sites excluding steroid dienone is 1. The Morgan fingerprint density at radius 2 is 2.00 bits per heavy atom. The van der Waals surface area contributed by atoms with Crippen molar-refractivity contribution in [2.75, 3.05) is 0 Å². The van der Waals surface area contributed by atoms with Gasteiger partial charge in [-0.2, -0.15) is 0 Å². The van der Waals surface area contributed by atoms with Crippen LogP contribution in [0, 0.1) is 0 Å². The SMILES string of the molecule is O=C1/C(=C\c2ccc(-n3ccc4ccncc43)[te]2)C(=O)c2sccc21. The molecule has 0 spiro atoms. The van der Waals surface area contributed by atoms with Crippen LogP contribution < -0.4 is 0 Å². The van der Waals surface area contributed by atoms with Crippen molar-refractivity contribution in [2.24, 2.45) is 0 Å². The van der Waals surface area contributed by atoms with Crippen molar-refractivity contribution in [3.8, 4) is 3.70 Å². The summed E-state index contributed by atoms with van der Waals surface area (Å²) in [4.78, 5) is 29.6. The summed E-state index contributed by atoms with van der Waals surface area (Å²) in [6.45, 7) is 0. The predicted molar refractivity (Wildman–Crippen MR) is 99.0 cm³/mol. The van der Waals surface area contributed by atoms with E-state index in [0.717, 1.165) is 14.5 Å². The fourth-order valence-corrected chi connectivity index (χ4v) is 6.57. The van der Waals surface area contributed by atoms with E-state index in [1.807, 2.05) is 18.3 Å². The first kappa shape index (κ1) is 15.0. The Labute approximate surface area is 156 Å². The summed E-state index contributed by atoms with van der Waals surface area (Å²) in [6, 6.07) is 9.92. The molecule has 6 heteroatoms. The van der Waals surface area contributed by atoms with Gasteiger partial charge in [0.1, 0.15) is 0 Å². The molecule has 1 aliphatic rings. The van der Waals surface area contributed by atoms with Crippen LogP contribution in [0.1, 0.15) is 23.6 Å². The molecular weight excluding hydrogens is 448 g/mol. The summed E-state index contributed by atoms with van der Waals surface area (Å²) >= 11 is 0.679. The van der Waals surface area contributed by atoms with Crippen LogP contribution in [0.25, 0.3) is 20.7 Å². The van der Waals surface area contributed by atoms with Crippen molar-refractivity contribution in [3.05, 3.63) is 73.9 Å². The van der Waals surface area contributed by atoms with Crippen LogP contribution in [0.3, 0.4) is 0 Å². The molecule has 5 rings (SSSR count). The van der Waals surface area contributed by atoms with Gasteiger partial charge in [-0.1, -0.05) is 0 Å². The number of Topliss-reactive ketones (excluding diaryl/α,β-unsaturated/α-hetero) is 2. The quantitative estimate of drug-likeness (QED) is 0.262. The molecule has 0 bridgehead atoms. The fraction of sp³-hybridized carbons (Fsp3) is 0. The average Bonchev–Trinajstić information content (AvgIpc) is 3.38. The molecule has 0 aliphatic heterocycles. The number of fused-ring (bicyclic) bond motifs is 2. The molecule has 4 aromatic rings. The number of pyridine rings is 1. The van der Waals surface area contributed by atoms with E-state index >= 15 is 0 Å². The molecule has 25 heavy (non-hydrogen) atoms. The summed E-state index contributed by atoms with van der Waals surface area (Å²) in [6.07, 6.45) is 7.50. The second kappa shape index (κ2) is 5.63. The molecule has 0 unspecified atom stereocenters. The predicted octanol–water partition coefficient (Wildman–Crippen LogP) is 3.61. The maximum absolute atomic E-state index is 12.4. The van der Waals surface area contributed by atoms with Gasteiger partial charge in [-0.15, -0.1) is 0 Å². The summed E-state index contributed by atoms with van der Waals surface area (Å²) < 4.78 is 4.48.